The Balaban J connectivity index is 1.63. The van der Waals surface area contributed by atoms with E-state index >= 15 is 0 Å². The molecule has 1 aliphatic heterocycles. The summed E-state index contributed by atoms with van der Waals surface area (Å²) in [6.45, 7) is 4.64. The lowest BCUT2D eigenvalue weighted by Crippen LogP contribution is -2.44. The van der Waals surface area contributed by atoms with Gasteiger partial charge in [0.2, 0.25) is 0 Å². The van der Waals surface area contributed by atoms with Crippen molar-refractivity contribution in [3.63, 3.8) is 0 Å². The second-order valence-corrected chi connectivity index (χ2v) is 6.20. The molecule has 0 spiro atoms. The Morgan fingerprint density at radius 1 is 1.12 bits per heavy atom. The molecule has 6 nitrogen and oxygen atoms in total. The Morgan fingerprint density at radius 3 is 2.46 bits per heavy atom. The van der Waals surface area contributed by atoms with Crippen molar-refractivity contribution in [2.24, 2.45) is 0 Å². The van der Waals surface area contributed by atoms with E-state index in [1.165, 1.54) is 5.69 Å². The molecule has 0 radical (unpaired) electrons. The molecular weight excluding hydrogens is 302 g/mol. The van der Waals surface area contributed by atoms with Crippen LogP contribution < -0.4 is 4.90 Å². The molecule has 0 atom stereocenters. The van der Waals surface area contributed by atoms with Gasteiger partial charge in [0.15, 0.2) is 0 Å². The van der Waals surface area contributed by atoms with Gasteiger partial charge in [0.25, 0.3) is 5.91 Å². The van der Waals surface area contributed by atoms with Crippen LogP contribution in [0.1, 0.15) is 16.1 Å². The Bertz CT molecular complexity index is 666. The van der Waals surface area contributed by atoms with Gasteiger partial charge in [-0.05, 0) is 31.3 Å². The Morgan fingerprint density at radius 2 is 1.83 bits per heavy atom. The molecule has 24 heavy (non-hydrogen) atoms. The summed E-state index contributed by atoms with van der Waals surface area (Å²) < 4.78 is 0. The summed E-state index contributed by atoms with van der Waals surface area (Å²) in [5, 5.41) is 0. The van der Waals surface area contributed by atoms with Crippen LogP contribution in [-0.2, 0) is 6.54 Å². The number of likely N-dealkylation sites (N-methyl/N-ethyl adjacent to an activating group) is 1. The van der Waals surface area contributed by atoms with Crippen molar-refractivity contribution in [3.05, 3.63) is 54.1 Å². The van der Waals surface area contributed by atoms with Gasteiger partial charge in [-0.15, -0.1) is 0 Å². The van der Waals surface area contributed by atoms with E-state index < -0.39 is 0 Å². The van der Waals surface area contributed by atoms with Gasteiger partial charge in [0, 0.05) is 56.9 Å². The number of rotatable bonds is 4. The predicted octanol–water partition coefficient (Wildman–Crippen LogP) is 1.50. The molecule has 1 aliphatic rings. The SMILES string of the molecule is CN1CCN(c2ccc(C(=O)N(C)Cc3cnccn3)cc2)CC1. The van der Waals surface area contributed by atoms with Crippen LogP contribution in [0.25, 0.3) is 0 Å². The Kier molecular flexibility index (Phi) is 5.05. The average molecular weight is 325 g/mol. The second-order valence-electron chi connectivity index (χ2n) is 6.20. The van der Waals surface area contributed by atoms with E-state index in [0.717, 1.165) is 31.9 Å². The first-order valence-corrected chi connectivity index (χ1v) is 8.17. The van der Waals surface area contributed by atoms with Gasteiger partial charge >= 0.3 is 0 Å². The van der Waals surface area contributed by atoms with Gasteiger partial charge in [0.05, 0.1) is 18.4 Å². The molecule has 3 rings (SSSR count). The Hall–Kier alpha value is -2.47. The molecule has 1 amide bonds. The lowest BCUT2D eigenvalue weighted by atomic mass is 10.1. The van der Waals surface area contributed by atoms with Gasteiger partial charge in [-0.3, -0.25) is 14.8 Å². The van der Waals surface area contributed by atoms with Crippen LogP contribution in [-0.4, -0.2) is 65.9 Å². The van der Waals surface area contributed by atoms with Crippen molar-refractivity contribution < 1.29 is 4.79 Å². The molecule has 0 aliphatic carbocycles. The number of amides is 1. The van der Waals surface area contributed by atoms with E-state index in [2.05, 4.69) is 26.8 Å². The maximum absolute atomic E-state index is 12.5. The topological polar surface area (TPSA) is 52.6 Å². The zero-order valence-electron chi connectivity index (χ0n) is 14.2. The van der Waals surface area contributed by atoms with Gasteiger partial charge < -0.3 is 14.7 Å². The fraction of sp³-hybridized carbons (Fsp3) is 0.389. The highest BCUT2D eigenvalue weighted by molar-refractivity contribution is 5.94. The molecule has 0 N–H and O–H groups in total. The highest BCUT2D eigenvalue weighted by atomic mass is 16.2. The highest BCUT2D eigenvalue weighted by Gasteiger charge is 2.16. The van der Waals surface area contributed by atoms with Crippen LogP contribution >= 0.6 is 0 Å². The summed E-state index contributed by atoms with van der Waals surface area (Å²) in [5.74, 6) is -0.00872. The van der Waals surface area contributed by atoms with Crippen molar-refractivity contribution in [2.45, 2.75) is 6.54 Å². The minimum Gasteiger partial charge on any atom is -0.369 e. The molecule has 2 aromatic rings. The number of piperazine rings is 1. The number of hydrogen-bond donors (Lipinski definition) is 0. The largest absolute Gasteiger partial charge is 0.369 e. The monoisotopic (exact) mass is 325 g/mol. The van der Waals surface area contributed by atoms with E-state index in [1.54, 1.807) is 30.5 Å². The van der Waals surface area contributed by atoms with Crippen LogP contribution in [0.4, 0.5) is 5.69 Å². The van der Waals surface area contributed by atoms with Gasteiger partial charge in [0.1, 0.15) is 0 Å². The summed E-state index contributed by atoms with van der Waals surface area (Å²) in [7, 11) is 3.93. The van der Waals surface area contributed by atoms with E-state index in [0.29, 0.717) is 12.1 Å². The normalized spacial score (nSPS) is 15.3. The highest BCUT2D eigenvalue weighted by Crippen LogP contribution is 2.18. The molecule has 6 heteroatoms. The number of nitrogens with zero attached hydrogens (tertiary/aromatic N) is 5. The molecule has 0 bridgehead atoms. The summed E-state index contributed by atoms with van der Waals surface area (Å²) in [6, 6.07) is 7.88. The molecule has 0 unspecified atom stereocenters. The van der Waals surface area contributed by atoms with Crippen molar-refractivity contribution in [2.75, 3.05) is 45.2 Å². The van der Waals surface area contributed by atoms with E-state index in [4.69, 9.17) is 0 Å². The second kappa shape index (κ2) is 7.40. The van der Waals surface area contributed by atoms with Gasteiger partial charge in [-0.1, -0.05) is 0 Å². The lowest BCUT2D eigenvalue weighted by molar-refractivity contribution is 0.0783. The van der Waals surface area contributed by atoms with Crippen LogP contribution in [0.15, 0.2) is 42.9 Å². The third kappa shape index (κ3) is 3.89. The maximum atomic E-state index is 12.5. The predicted molar refractivity (Wildman–Crippen MR) is 94.0 cm³/mol. The summed E-state index contributed by atoms with van der Waals surface area (Å²) >= 11 is 0. The van der Waals surface area contributed by atoms with E-state index in [1.807, 2.05) is 24.3 Å². The van der Waals surface area contributed by atoms with Crippen molar-refractivity contribution in [1.82, 2.24) is 19.8 Å². The lowest BCUT2D eigenvalue weighted by Gasteiger charge is -2.34. The third-order valence-corrected chi connectivity index (χ3v) is 4.35. The summed E-state index contributed by atoms with van der Waals surface area (Å²) in [5.41, 5.74) is 2.65. The molecule has 2 heterocycles. The standard InChI is InChI=1S/C18H23N5O/c1-21-9-11-23(12-10-21)17-5-3-15(4-6-17)18(24)22(2)14-16-13-19-7-8-20-16/h3-8,13H,9-12,14H2,1-2H3. The fourth-order valence-electron chi connectivity index (χ4n) is 2.83. The molecule has 1 saturated heterocycles. The summed E-state index contributed by atoms with van der Waals surface area (Å²) in [4.78, 5) is 27.1. The zero-order valence-corrected chi connectivity index (χ0v) is 14.2. The number of aromatic nitrogens is 2. The fourth-order valence-corrected chi connectivity index (χ4v) is 2.83. The zero-order chi connectivity index (χ0) is 16.9. The van der Waals surface area contributed by atoms with Gasteiger partial charge in [-0.2, -0.15) is 0 Å². The molecule has 1 aromatic carbocycles. The smallest absolute Gasteiger partial charge is 0.253 e. The number of carbonyl (C=O) groups is 1. The first-order valence-electron chi connectivity index (χ1n) is 8.17. The summed E-state index contributed by atoms with van der Waals surface area (Å²) in [6.07, 6.45) is 4.95. The Labute approximate surface area is 142 Å². The maximum Gasteiger partial charge on any atom is 0.253 e. The number of benzene rings is 1. The van der Waals surface area contributed by atoms with Gasteiger partial charge in [-0.25, -0.2) is 0 Å². The van der Waals surface area contributed by atoms with Crippen molar-refractivity contribution >= 4 is 11.6 Å². The van der Waals surface area contributed by atoms with Crippen molar-refractivity contribution in [3.8, 4) is 0 Å². The number of carbonyl (C=O) groups excluding carboxylic acids is 1. The molecule has 0 saturated carbocycles. The molecule has 126 valence electrons. The number of anilines is 1. The number of hydrogen-bond acceptors (Lipinski definition) is 5. The van der Waals surface area contributed by atoms with Crippen LogP contribution in [0.5, 0.6) is 0 Å². The minimum atomic E-state index is -0.00872. The molecule has 1 fully saturated rings. The first-order chi connectivity index (χ1) is 11.6. The quantitative estimate of drug-likeness (QED) is 0.853. The first kappa shape index (κ1) is 16.4. The van der Waals surface area contributed by atoms with Crippen LogP contribution in [0.2, 0.25) is 0 Å². The average Bonchev–Trinajstić information content (AvgIpc) is 2.63. The minimum absolute atomic E-state index is 0.00872. The van der Waals surface area contributed by atoms with Crippen LogP contribution in [0.3, 0.4) is 0 Å². The van der Waals surface area contributed by atoms with E-state index in [9.17, 15) is 4.79 Å². The van der Waals surface area contributed by atoms with Crippen molar-refractivity contribution in [1.29, 1.82) is 0 Å². The van der Waals surface area contributed by atoms with Crippen LogP contribution in [0, 0.1) is 0 Å². The van der Waals surface area contributed by atoms with E-state index in [-0.39, 0.29) is 5.91 Å². The molecule has 1 aromatic heterocycles. The molecular formula is C18H23N5O. The third-order valence-electron chi connectivity index (χ3n) is 4.35.